The van der Waals surface area contributed by atoms with Crippen LogP contribution in [0, 0.1) is 11.8 Å². The summed E-state index contributed by atoms with van der Waals surface area (Å²) in [5.41, 5.74) is 7.28. The van der Waals surface area contributed by atoms with Crippen molar-refractivity contribution in [3.05, 3.63) is 35.4 Å². The number of benzene rings is 1. The summed E-state index contributed by atoms with van der Waals surface area (Å²) in [6.45, 7) is 3.50. The second-order valence-electron chi connectivity index (χ2n) is 4.93. The van der Waals surface area contributed by atoms with Gasteiger partial charge in [0.05, 0.1) is 0 Å². The Labute approximate surface area is 102 Å². The van der Waals surface area contributed by atoms with Crippen molar-refractivity contribution in [1.82, 2.24) is 5.32 Å². The Morgan fingerprint density at radius 1 is 1.41 bits per heavy atom. The number of carbonyl (C=O) groups is 1. The normalized spacial score (nSPS) is 16.6. The van der Waals surface area contributed by atoms with Crippen LogP contribution in [0.1, 0.15) is 35.7 Å². The number of rotatable bonds is 5. The van der Waals surface area contributed by atoms with Gasteiger partial charge in [-0.3, -0.25) is 4.79 Å². The van der Waals surface area contributed by atoms with Crippen molar-refractivity contribution in [2.45, 2.75) is 26.3 Å². The van der Waals surface area contributed by atoms with Gasteiger partial charge in [0.15, 0.2) is 0 Å². The smallest absolute Gasteiger partial charge is 0.251 e. The van der Waals surface area contributed by atoms with Gasteiger partial charge in [0.1, 0.15) is 0 Å². The maximum Gasteiger partial charge on any atom is 0.251 e. The molecule has 1 amide bonds. The zero-order valence-electron chi connectivity index (χ0n) is 10.3. The molecular formula is C14H20N2O. The summed E-state index contributed by atoms with van der Waals surface area (Å²) in [6.07, 6.45) is 2.64. The van der Waals surface area contributed by atoms with Crippen LogP contribution in [0.3, 0.4) is 0 Å². The first-order chi connectivity index (χ1) is 8.20. The van der Waals surface area contributed by atoms with E-state index >= 15 is 0 Å². The molecule has 0 heterocycles. The highest BCUT2D eigenvalue weighted by Crippen LogP contribution is 2.36. The van der Waals surface area contributed by atoms with E-state index in [2.05, 4.69) is 12.2 Å². The van der Waals surface area contributed by atoms with Gasteiger partial charge in [0, 0.05) is 18.7 Å². The standard InChI is InChI=1S/C14H20N2O/c1-10(12-6-7-12)9-16-14(17)13-4-2-11(8-15)3-5-13/h2-5,10,12H,6-9,15H2,1H3,(H,16,17). The molecule has 3 heteroatoms. The lowest BCUT2D eigenvalue weighted by molar-refractivity contribution is 0.0946. The summed E-state index contributed by atoms with van der Waals surface area (Å²) in [5.74, 6) is 1.44. The molecule has 1 atom stereocenters. The van der Waals surface area contributed by atoms with Gasteiger partial charge < -0.3 is 11.1 Å². The molecule has 92 valence electrons. The lowest BCUT2D eigenvalue weighted by Crippen LogP contribution is -2.28. The van der Waals surface area contributed by atoms with Crippen LogP contribution in [0.2, 0.25) is 0 Å². The van der Waals surface area contributed by atoms with Gasteiger partial charge in [-0.25, -0.2) is 0 Å². The fourth-order valence-electron chi connectivity index (χ4n) is 1.98. The molecule has 3 N–H and O–H groups in total. The molecule has 0 spiro atoms. The van der Waals surface area contributed by atoms with E-state index in [4.69, 9.17) is 5.73 Å². The fraction of sp³-hybridized carbons (Fsp3) is 0.500. The summed E-state index contributed by atoms with van der Waals surface area (Å²) in [4.78, 5) is 11.8. The SMILES string of the molecule is CC(CNC(=O)c1ccc(CN)cc1)C1CC1. The molecule has 0 saturated heterocycles. The van der Waals surface area contributed by atoms with E-state index in [1.807, 2.05) is 24.3 Å². The van der Waals surface area contributed by atoms with Crippen LogP contribution in [0.4, 0.5) is 0 Å². The molecule has 1 aliphatic carbocycles. The van der Waals surface area contributed by atoms with Crippen molar-refractivity contribution in [2.75, 3.05) is 6.54 Å². The number of nitrogens with one attached hydrogen (secondary N) is 1. The Balaban J connectivity index is 1.85. The molecule has 3 nitrogen and oxygen atoms in total. The lowest BCUT2D eigenvalue weighted by Gasteiger charge is -2.11. The molecule has 2 rings (SSSR count). The first-order valence-electron chi connectivity index (χ1n) is 6.28. The molecule has 0 bridgehead atoms. The predicted molar refractivity (Wildman–Crippen MR) is 68.6 cm³/mol. The van der Waals surface area contributed by atoms with Crippen LogP contribution in [0.5, 0.6) is 0 Å². The minimum atomic E-state index is 0.0149. The average Bonchev–Trinajstić information content (AvgIpc) is 3.20. The van der Waals surface area contributed by atoms with E-state index < -0.39 is 0 Å². The second kappa shape index (κ2) is 5.32. The van der Waals surface area contributed by atoms with Crippen LogP contribution >= 0.6 is 0 Å². The van der Waals surface area contributed by atoms with Crippen molar-refractivity contribution in [3.63, 3.8) is 0 Å². The van der Waals surface area contributed by atoms with E-state index in [0.717, 1.165) is 18.0 Å². The Morgan fingerprint density at radius 3 is 2.59 bits per heavy atom. The molecule has 17 heavy (non-hydrogen) atoms. The Hall–Kier alpha value is -1.35. The molecule has 1 unspecified atom stereocenters. The van der Waals surface area contributed by atoms with Crippen molar-refractivity contribution in [1.29, 1.82) is 0 Å². The summed E-state index contributed by atoms with van der Waals surface area (Å²) in [6, 6.07) is 7.47. The summed E-state index contributed by atoms with van der Waals surface area (Å²) < 4.78 is 0. The molecule has 1 aromatic rings. The van der Waals surface area contributed by atoms with E-state index in [0.29, 0.717) is 18.0 Å². The summed E-state index contributed by atoms with van der Waals surface area (Å²) in [7, 11) is 0. The zero-order chi connectivity index (χ0) is 12.3. The Morgan fingerprint density at radius 2 is 2.06 bits per heavy atom. The highest BCUT2D eigenvalue weighted by atomic mass is 16.1. The lowest BCUT2D eigenvalue weighted by atomic mass is 10.1. The molecular weight excluding hydrogens is 212 g/mol. The van der Waals surface area contributed by atoms with Crippen molar-refractivity contribution in [2.24, 2.45) is 17.6 Å². The third-order valence-electron chi connectivity index (χ3n) is 3.46. The fourth-order valence-corrected chi connectivity index (χ4v) is 1.98. The quantitative estimate of drug-likeness (QED) is 0.815. The average molecular weight is 232 g/mol. The van der Waals surface area contributed by atoms with Crippen LogP contribution in [-0.4, -0.2) is 12.5 Å². The first kappa shape index (κ1) is 12.1. The van der Waals surface area contributed by atoms with E-state index in [-0.39, 0.29) is 5.91 Å². The molecule has 0 aromatic heterocycles. The minimum Gasteiger partial charge on any atom is -0.352 e. The molecule has 0 aliphatic heterocycles. The van der Waals surface area contributed by atoms with E-state index in [1.54, 1.807) is 0 Å². The van der Waals surface area contributed by atoms with E-state index in [9.17, 15) is 4.79 Å². The highest BCUT2D eigenvalue weighted by molar-refractivity contribution is 5.94. The van der Waals surface area contributed by atoms with Crippen molar-refractivity contribution in [3.8, 4) is 0 Å². The topological polar surface area (TPSA) is 55.1 Å². The Bertz CT molecular complexity index is 382. The number of carbonyl (C=O) groups excluding carboxylic acids is 1. The van der Waals surface area contributed by atoms with Crippen LogP contribution < -0.4 is 11.1 Å². The largest absolute Gasteiger partial charge is 0.352 e. The van der Waals surface area contributed by atoms with Crippen LogP contribution in [0.15, 0.2) is 24.3 Å². The van der Waals surface area contributed by atoms with Gasteiger partial charge in [-0.1, -0.05) is 19.1 Å². The molecule has 1 fully saturated rings. The van der Waals surface area contributed by atoms with Gasteiger partial charge in [0.25, 0.3) is 5.91 Å². The Kier molecular flexibility index (Phi) is 3.79. The zero-order valence-corrected chi connectivity index (χ0v) is 10.3. The van der Waals surface area contributed by atoms with Crippen LogP contribution in [0.25, 0.3) is 0 Å². The third kappa shape index (κ3) is 3.30. The monoisotopic (exact) mass is 232 g/mol. The summed E-state index contributed by atoms with van der Waals surface area (Å²) >= 11 is 0. The van der Waals surface area contributed by atoms with Crippen LogP contribution in [-0.2, 0) is 6.54 Å². The van der Waals surface area contributed by atoms with Gasteiger partial charge in [0.2, 0.25) is 0 Å². The maximum absolute atomic E-state index is 11.8. The molecule has 1 aliphatic rings. The van der Waals surface area contributed by atoms with Gasteiger partial charge >= 0.3 is 0 Å². The molecule has 1 aromatic carbocycles. The van der Waals surface area contributed by atoms with Crippen molar-refractivity contribution < 1.29 is 4.79 Å². The maximum atomic E-state index is 11.8. The number of nitrogens with two attached hydrogens (primary N) is 1. The minimum absolute atomic E-state index is 0.0149. The van der Waals surface area contributed by atoms with Crippen molar-refractivity contribution >= 4 is 5.91 Å². The van der Waals surface area contributed by atoms with E-state index in [1.165, 1.54) is 12.8 Å². The predicted octanol–water partition coefficient (Wildman–Crippen LogP) is 1.92. The number of hydrogen-bond donors (Lipinski definition) is 2. The number of hydrogen-bond acceptors (Lipinski definition) is 2. The number of amides is 1. The second-order valence-corrected chi connectivity index (χ2v) is 4.93. The van der Waals surface area contributed by atoms with Gasteiger partial charge in [-0.2, -0.15) is 0 Å². The third-order valence-corrected chi connectivity index (χ3v) is 3.46. The first-order valence-corrected chi connectivity index (χ1v) is 6.28. The molecule has 1 saturated carbocycles. The summed E-state index contributed by atoms with van der Waals surface area (Å²) in [5, 5.41) is 2.99. The van der Waals surface area contributed by atoms with Gasteiger partial charge in [-0.05, 0) is 42.4 Å². The van der Waals surface area contributed by atoms with Gasteiger partial charge in [-0.15, -0.1) is 0 Å². The molecule has 0 radical (unpaired) electrons. The highest BCUT2D eigenvalue weighted by Gasteiger charge is 2.27.